The number of phenols is 1. The number of urea groups is 1. The molecule has 0 radical (unpaired) electrons. The van der Waals surface area contributed by atoms with E-state index in [1.54, 1.807) is 30.3 Å². The number of hydrogen-bond donors (Lipinski definition) is 3. The quantitative estimate of drug-likeness (QED) is 0.548. The lowest BCUT2D eigenvalue weighted by atomic mass is 9.94. The van der Waals surface area contributed by atoms with Gasteiger partial charge in [-0.2, -0.15) is 5.06 Å². The molecule has 0 spiro atoms. The van der Waals surface area contributed by atoms with Crippen LogP contribution in [0.2, 0.25) is 0 Å². The first-order valence-electron chi connectivity index (χ1n) is 5.95. The average Bonchev–Trinajstić information content (AvgIpc) is 2.44. The Morgan fingerprint density at radius 2 is 1.85 bits per heavy atom. The average molecular weight is 272 g/mol. The van der Waals surface area contributed by atoms with Gasteiger partial charge in [-0.15, -0.1) is 0 Å². The Morgan fingerprint density at radius 3 is 2.60 bits per heavy atom. The molecule has 6 heteroatoms. The maximum atomic E-state index is 11.3. The van der Waals surface area contributed by atoms with Crippen molar-refractivity contribution >= 4 is 6.03 Å². The topological polar surface area (TPSA) is 96.0 Å². The summed E-state index contributed by atoms with van der Waals surface area (Å²) in [7, 11) is 0. The number of para-hydroxylation sites is 1. The molecule has 2 amide bonds. The van der Waals surface area contributed by atoms with Crippen molar-refractivity contribution in [3.8, 4) is 17.2 Å². The van der Waals surface area contributed by atoms with Gasteiger partial charge in [0, 0.05) is 11.1 Å². The summed E-state index contributed by atoms with van der Waals surface area (Å²) >= 11 is 0. The summed E-state index contributed by atoms with van der Waals surface area (Å²) in [6.45, 7) is 0. The summed E-state index contributed by atoms with van der Waals surface area (Å²) < 4.78 is 5.69. The highest BCUT2D eigenvalue weighted by atomic mass is 16.5. The fourth-order valence-electron chi connectivity index (χ4n) is 2.32. The molecule has 3 rings (SSSR count). The molecule has 6 nitrogen and oxygen atoms in total. The molecule has 1 unspecified atom stereocenters. The van der Waals surface area contributed by atoms with E-state index in [0.717, 1.165) is 0 Å². The highest BCUT2D eigenvalue weighted by Gasteiger charge is 2.33. The van der Waals surface area contributed by atoms with Crippen molar-refractivity contribution in [2.75, 3.05) is 0 Å². The molecular weight excluding hydrogens is 260 g/mol. The molecule has 1 heterocycles. The minimum Gasteiger partial charge on any atom is -0.508 e. The van der Waals surface area contributed by atoms with Gasteiger partial charge in [0.2, 0.25) is 0 Å². The number of rotatable bonds is 1. The number of carbonyl (C=O) groups excluding carboxylic acids is 1. The number of aromatic hydroxyl groups is 1. The first kappa shape index (κ1) is 12.3. The van der Waals surface area contributed by atoms with Gasteiger partial charge in [0.25, 0.3) is 0 Å². The number of primary amides is 1. The van der Waals surface area contributed by atoms with E-state index in [1.807, 2.05) is 0 Å². The fraction of sp³-hybridized carbons (Fsp3) is 0.0714. The van der Waals surface area contributed by atoms with Crippen LogP contribution in [0, 0.1) is 0 Å². The summed E-state index contributed by atoms with van der Waals surface area (Å²) in [5.74, 6) is 0.984. The number of hydroxylamine groups is 2. The molecule has 2 aromatic rings. The van der Waals surface area contributed by atoms with Crippen LogP contribution < -0.4 is 10.5 Å². The van der Waals surface area contributed by atoms with Crippen LogP contribution in [0.4, 0.5) is 4.79 Å². The smallest absolute Gasteiger partial charge is 0.339 e. The van der Waals surface area contributed by atoms with Crippen molar-refractivity contribution in [2.24, 2.45) is 5.73 Å². The van der Waals surface area contributed by atoms with E-state index in [9.17, 15) is 15.1 Å². The van der Waals surface area contributed by atoms with Crippen molar-refractivity contribution in [1.82, 2.24) is 5.06 Å². The van der Waals surface area contributed by atoms with E-state index in [-0.39, 0.29) is 5.75 Å². The number of benzene rings is 2. The minimum absolute atomic E-state index is 0.00889. The second kappa shape index (κ2) is 4.43. The van der Waals surface area contributed by atoms with Gasteiger partial charge in [-0.05, 0) is 24.3 Å². The van der Waals surface area contributed by atoms with Crippen LogP contribution in [0.5, 0.6) is 17.2 Å². The molecule has 0 aromatic heterocycles. The van der Waals surface area contributed by atoms with Crippen LogP contribution >= 0.6 is 0 Å². The van der Waals surface area contributed by atoms with Crippen LogP contribution in [0.25, 0.3) is 0 Å². The summed E-state index contributed by atoms with van der Waals surface area (Å²) in [5.41, 5.74) is 6.21. The molecule has 102 valence electrons. The van der Waals surface area contributed by atoms with Gasteiger partial charge >= 0.3 is 6.03 Å². The Hall–Kier alpha value is -2.73. The van der Waals surface area contributed by atoms with E-state index in [0.29, 0.717) is 27.7 Å². The second-order valence-electron chi connectivity index (χ2n) is 4.45. The molecule has 0 aliphatic carbocycles. The third-order valence-electron chi connectivity index (χ3n) is 3.19. The molecule has 1 aliphatic heterocycles. The van der Waals surface area contributed by atoms with Crippen LogP contribution in [0.15, 0.2) is 42.5 Å². The summed E-state index contributed by atoms with van der Waals surface area (Å²) in [6.07, 6.45) is 0. The largest absolute Gasteiger partial charge is 0.508 e. The van der Waals surface area contributed by atoms with E-state index in [2.05, 4.69) is 0 Å². The fourth-order valence-corrected chi connectivity index (χ4v) is 2.32. The van der Waals surface area contributed by atoms with Gasteiger partial charge < -0.3 is 15.6 Å². The van der Waals surface area contributed by atoms with Gasteiger partial charge in [0.15, 0.2) is 0 Å². The third kappa shape index (κ3) is 1.83. The van der Waals surface area contributed by atoms with Crippen LogP contribution in [0.3, 0.4) is 0 Å². The number of nitrogens with two attached hydrogens (primary N) is 1. The van der Waals surface area contributed by atoms with Crippen molar-refractivity contribution in [3.05, 3.63) is 53.6 Å². The number of amides is 2. The van der Waals surface area contributed by atoms with Gasteiger partial charge in [0.1, 0.15) is 23.3 Å². The zero-order valence-corrected chi connectivity index (χ0v) is 10.4. The zero-order valence-electron chi connectivity index (χ0n) is 10.4. The lowest BCUT2D eigenvalue weighted by Crippen LogP contribution is -2.37. The molecule has 0 saturated heterocycles. The van der Waals surface area contributed by atoms with Crippen LogP contribution in [-0.2, 0) is 0 Å². The predicted molar refractivity (Wildman–Crippen MR) is 69.7 cm³/mol. The first-order chi connectivity index (χ1) is 9.58. The lowest BCUT2D eigenvalue weighted by molar-refractivity contribution is -0.0665. The number of nitrogens with zero attached hydrogens (tertiary/aromatic N) is 1. The molecule has 2 aromatic carbocycles. The highest BCUT2D eigenvalue weighted by molar-refractivity contribution is 5.73. The van der Waals surface area contributed by atoms with Crippen molar-refractivity contribution in [2.45, 2.75) is 6.04 Å². The van der Waals surface area contributed by atoms with Gasteiger partial charge in [-0.25, -0.2) is 4.79 Å². The van der Waals surface area contributed by atoms with Crippen LogP contribution in [-0.4, -0.2) is 21.4 Å². The first-order valence-corrected chi connectivity index (χ1v) is 5.95. The maximum absolute atomic E-state index is 11.3. The monoisotopic (exact) mass is 272 g/mol. The van der Waals surface area contributed by atoms with Crippen molar-refractivity contribution in [3.63, 3.8) is 0 Å². The summed E-state index contributed by atoms with van der Waals surface area (Å²) in [4.78, 5) is 11.3. The Balaban J connectivity index is 2.21. The molecule has 1 aliphatic rings. The number of phenolic OH excluding ortho intramolecular Hbond substituents is 1. The third-order valence-corrected chi connectivity index (χ3v) is 3.19. The van der Waals surface area contributed by atoms with Crippen molar-refractivity contribution in [1.29, 1.82) is 0 Å². The molecule has 4 N–H and O–H groups in total. The van der Waals surface area contributed by atoms with E-state index in [1.165, 1.54) is 12.1 Å². The molecular formula is C14H12N2O4. The molecule has 20 heavy (non-hydrogen) atoms. The zero-order chi connectivity index (χ0) is 14.3. The van der Waals surface area contributed by atoms with E-state index in [4.69, 9.17) is 10.5 Å². The van der Waals surface area contributed by atoms with Gasteiger partial charge in [-0.3, -0.25) is 5.21 Å². The number of hydrogen-bond acceptors (Lipinski definition) is 4. The van der Waals surface area contributed by atoms with Gasteiger partial charge in [-0.1, -0.05) is 18.2 Å². The summed E-state index contributed by atoms with van der Waals surface area (Å²) in [6, 6.07) is 9.66. The summed E-state index contributed by atoms with van der Waals surface area (Å²) in [5, 5.41) is 20.0. The Morgan fingerprint density at radius 1 is 1.15 bits per heavy atom. The Kier molecular flexibility index (Phi) is 2.73. The standard InChI is InChI=1S/C14H12N2O4/c15-14(18)16(19)13-9-3-1-2-4-11(9)20-12-6-5-8(17)7-10(12)13/h1-7,13,17,19H,(H2,15,18). The number of ether oxygens (including phenoxy) is 1. The number of carbonyl (C=O) groups is 1. The van der Waals surface area contributed by atoms with Gasteiger partial charge in [0.05, 0.1) is 0 Å². The Labute approximate surface area is 114 Å². The second-order valence-corrected chi connectivity index (χ2v) is 4.45. The van der Waals surface area contributed by atoms with Crippen molar-refractivity contribution < 1.29 is 19.8 Å². The molecule has 0 fully saturated rings. The highest BCUT2D eigenvalue weighted by Crippen LogP contribution is 2.45. The lowest BCUT2D eigenvalue weighted by Gasteiger charge is -2.32. The van der Waals surface area contributed by atoms with E-state index < -0.39 is 12.1 Å². The molecule has 0 saturated carbocycles. The minimum atomic E-state index is -0.985. The predicted octanol–water partition coefficient (Wildman–Crippen LogP) is 2.36. The van der Waals surface area contributed by atoms with E-state index >= 15 is 0 Å². The number of fused-ring (bicyclic) bond motifs is 2. The maximum Gasteiger partial charge on any atom is 0.339 e. The molecule has 1 atom stereocenters. The SMILES string of the molecule is NC(=O)N(O)C1c2ccccc2Oc2ccc(O)cc21. The van der Waals surface area contributed by atoms with Crippen LogP contribution in [0.1, 0.15) is 17.2 Å². The molecule has 0 bridgehead atoms. The Bertz CT molecular complexity index is 687. The normalized spacial score (nSPS) is 15.8.